The molecule has 0 radical (unpaired) electrons. The van der Waals surface area contributed by atoms with Gasteiger partial charge in [-0.15, -0.1) is 28.4 Å². The summed E-state index contributed by atoms with van der Waals surface area (Å²) in [5.74, 6) is 1.41. The summed E-state index contributed by atoms with van der Waals surface area (Å²) in [6, 6.07) is 16.4. The standard InChI is InChI=1S/C18H18NO2S2/c1-14-5-3-7-16(9-14)12-22-18(11-19(20)21)23-13-17-8-4-6-15(2)10-17/h3-10H,12-13H2,1-2H3/q-1. The first kappa shape index (κ1) is 17.6. The van der Waals surface area contributed by atoms with E-state index in [-0.39, 0.29) is 0 Å². The third-order valence-electron chi connectivity index (χ3n) is 3.09. The highest BCUT2D eigenvalue weighted by molar-refractivity contribution is 8.21. The molecule has 2 aromatic carbocycles. The molecule has 0 aliphatic rings. The maximum atomic E-state index is 10.8. The van der Waals surface area contributed by atoms with Crippen molar-refractivity contribution in [2.75, 3.05) is 0 Å². The summed E-state index contributed by atoms with van der Waals surface area (Å²) in [6.07, 6.45) is 2.31. The molecule has 0 aliphatic carbocycles. The molecule has 0 saturated carbocycles. The van der Waals surface area contributed by atoms with Gasteiger partial charge in [0, 0.05) is 11.5 Å². The average Bonchev–Trinajstić information content (AvgIpc) is 2.50. The quantitative estimate of drug-likeness (QED) is 0.294. The SMILES string of the molecule is Cc1cccc(CSC(=[C-][N+](=O)[O-])SCc2cccc(C)c2)c1. The normalized spacial score (nSPS) is 10.3. The summed E-state index contributed by atoms with van der Waals surface area (Å²) in [7, 11) is 0. The first-order valence-electron chi connectivity index (χ1n) is 7.17. The van der Waals surface area contributed by atoms with E-state index in [1.807, 2.05) is 50.2 Å². The molecule has 0 fully saturated rings. The predicted octanol–water partition coefficient (Wildman–Crippen LogP) is 5.35. The number of thioether (sulfide) groups is 2. The Kier molecular flexibility index (Phi) is 6.74. The van der Waals surface area contributed by atoms with Crippen LogP contribution in [-0.4, -0.2) is 4.92 Å². The van der Waals surface area contributed by atoms with Crippen LogP contribution in [0.2, 0.25) is 0 Å². The Morgan fingerprint density at radius 1 is 1.00 bits per heavy atom. The van der Waals surface area contributed by atoms with E-state index in [1.165, 1.54) is 34.7 Å². The van der Waals surface area contributed by atoms with Crippen LogP contribution in [0.3, 0.4) is 0 Å². The second-order valence-electron chi connectivity index (χ2n) is 5.21. The summed E-state index contributed by atoms with van der Waals surface area (Å²) >= 11 is 2.92. The molecule has 3 nitrogen and oxygen atoms in total. The minimum absolute atomic E-state index is 0.498. The van der Waals surface area contributed by atoms with E-state index in [0.717, 1.165) is 11.1 Å². The molecular formula is C18H18NO2S2-. The van der Waals surface area contributed by atoms with Gasteiger partial charge in [0.1, 0.15) is 0 Å². The van der Waals surface area contributed by atoms with Crippen molar-refractivity contribution in [3.05, 3.63) is 91.3 Å². The highest BCUT2D eigenvalue weighted by atomic mass is 32.2. The maximum absolute atomic E-state index is 10.8. The number of nitro groups is 1. The Morgan fingerprint density at radius 2 is 1.48 bits per heavy atom. The van der Waals surface area contributed by atoms with E-state index in [9.17, 15) is 10.1 Å². The van der Waals surface area contributed by atoms with Crippen molar-refractivity contribution in [2.45, 2.75) is 25.4 Å². The molecule has 0 aromatic heterocycles. The van der Waals surface area contributed by atoms with Crippen molar-refractivity contribution in [1.82, 2.24) is 0 Å². The van der Waals surface area contributed by atoms with Gasteiger partial charge in [-0.3, -0.25) is 10.1 Å². The van der Waals surface area contributed by atoms with Gasteiger partial charge in [-0.05, 0) is 25.0 Å². The van der Waals surface area contributed by atoms with Gasteiger partial charge < -0.3 is 0 Å². The van der Waals surface area contributed by atoms with Gasteiger partial charge in [0.15, 0.2) is 0 Å². The van der Waals surface area contributed by atoms with E-state index in [2.05, 4.69) is 18.3 Å². The molecule has 0 amide bonds. The Hall–Kier alpha value is -1.72. The second-order valence-corrected chi connectivity index (χ2v) is 7.44. The minimum Gasteiger partial charge on any atom is -0.297 e. The lowest BCUT2D eigenvalue weighted by Gasteiger charge is -2.13. The van der Waals surface area contributed by atoms with Crippen molar-refractivity contribution in [2.24, 2.45) is 0 Å². The van der Waals surface area contributed by atoms with Gasteiger partial charge in [-0.1, -0.05) is 70.1 Å². The Balaban J connectivity index is 1.98. The van der Waals surface area contributed by atoms with Crippen molar-refractivity contribution >= 4 is 23.5 Å². The van der Waals surface area contributed by atoms with E-state index >= 15 is 0 Å². The Bertz CT molecular complexity index is 662. The second kappa shape index (κ2) is 8.79. The van der Waals surface area contributed by atoms with Crippen LogP contribution in [0.5, 0.6) is 0 Å². The van der Waals surface area contributed by atoms with Crippen LogP contribution in [-0.2, 0) is 11.5 Å². The maximum Gasteiger partial charge on any atom is 0.0210 e. The molecule has 120 valence electrons. The van der Waals surface area contributed by atoms with Crippen molar-refractivity contribution in [3.8, 4) is 0 Å². The highest BCUT2D eigenvalue weighted by Crippen LogP contribution is 2.33. The molecular weight excluding hydrogens is 326 g/mol. The third-order valence-corrected chi connectivity index (χ3v) is 5.46. The molecule has 2 aromatic rings. The zero-order chi connectivity index (χ0) is 16.7. The largest absolute Gasteiger partial charge is 0.297 e. The number of hydrogen-bond donors (Lipinski definition) is 0. The molecule has 23 heavy (non-hydrogen) atoms. The highest BCUT2D eigenvalue weighted by Gasteiger charge is 2.00. The van der Waals surface area contributed by atoms with E-state index in [1.54, 1.807) is 0 Å². The fraction of sp³-hybridized carbons (Fsp3) is 0.222. The number of hydrogen-bond acceptors (Lipinski definition) is 4. The lowest BCUT2D eigenvalue weighted by Crippen LogP contribution is -1.90. The van der Waals surface area contributed by atoms with Crippen LogP contribution < -0.4 is 0 Å². The summed E-state index contributed by atoms with van der Waals surface area (Å²) in [5.41, 5.74) is 4.71. The molecule has 0 heterocycles. The van der Waals surface area contributed by atoms with Crippen LogP contribution in [0.15, 0.2) is 52.8 Å². The van der Waals surface area contributed by atoms with Gasteiger partial charge in [-0.2, -0.15) is 0 Å². The van der Waals surface area contributed by atoms with Crippen molar-refractivity contribution < 1.29 is 4.92 Å². The fourth-order valence-corrected chi connectivity index (χ4v) is 4.00. The topological polar surface area (TPSA) is 43.1 Å². The van der Waals surface area contributed by atoms with Gasteiger partial charge in [0.25, 0.3) is 0 Å². The smallest absolute Gasteiger partial charge is 0.0210 e. The molecule has 0 bridgehead atoms. The van der Waals surface area contributed by atoms with Gasteiger partial charge in [-0.25, -0.2) is 0 Å². The molecule has 0 saturated heterocycles. The van der Waals surface area contributed by atoms with Crippen LogP contribution in [0.4, 0.5) is 0 Å². The minimum atomic E-state index is -0.498. The summed E-state index contributed by atoms with van der Waals surface area (Å²) < 4.78 is 0.609. The first-order chi connectivity index (χ1) is 11.0. The van der Waals surface area contributed by atoms with Crippen LogP contribution in [0.25, 0.3) is 0 Å². The lowest BCUT2D eigenvalue weighted by molar-refractivity contribution is -0.419. The predicted molar refractivity (Wildman–Crippen MR) is 98.7 cm³/mol. The number of rotatable bonds is 7. The van der Waals surface area contributed by atoms with Gasteiger partial charge in [0.05, 0.1) is 0 Å². The zero-order valence-corrected chi connectivity index (χ0v) is 14.7. The van der Waals surface area contributed by atoms with Crippen LogP contribution >= 0.6 is 23.5 Å². The fourth-order valence-electron chi connectivity index (χ4n) is 2.08. The number of nitrogens with zero attached hydrogens (tertiary/aromatic N) is 1. The summed E-state index contributed by atoms with van der Waals surface area (Å²) in [4.78, 5) is 10.3. The van der Waals surface area contributed by atoms with Crippen LogP contribution in [0.1, 0.15) is 22.3 Å². The van der Waals surface area contributed by atoms with Crippen molar-refractivity contribution in [1.29, 1.82) is 0 Å². The molecule has 2 rings (SSSR count). The zero-order valence-electron chi connectivity index (χ0n) is 13.1. The van der Waals surface area contributed by atoms with Crippen molar-refractivity contribution in [3.63, 3.8) is 0 Å². The van der Waals surface area contributed by atoms with E-state index in [4.69, 9.17) is 0 Å². The molecule has 0 N–H and O–H groups in total. The van der Waals surface area contributed by atoms with Gasteiger partial charge >= 0.3 is 0 Å². The molecule has 0 spiro atoms. The van der Waals surface area contributed by atoms with Crippen LogP contribution in [0, 0.1) is 30.2 Å². The van der Waals surface area contributed by atoms with E-state index < -0.39 is 4.92 Å². The molecule has 0 aliphatic heterocycles. The molecule has 0 atom stereocenters. The summed E-state index contributed by atoms with van der Waals surface area (Å²) in [5, 5.41) is 10.8. The van der Waals surface area contributed by atoms with Gasteiger partial charge in [0.2, 0.25) is 0 Å². The molecule has 0 unspecified atom stereocenters. The first-order valence-corrected chi connectivity index (χ1v) is 9.15. The molecule has 5 heteroatoms. The Morgan fingerprint density at radius 3 is 1.87 bits per heavy atom. The number of aryl methyl sites for hydroxylation is 2. The number of benzene rings is 2. The third kappa shape index (κ3) is 6.50. The van der Waals surface area contributed by atoms with E-state index in [0.29, 0.717) is 15.7 Å². The average molecular weight is 344 g/mol. The Labute approximate surface area is 145 Å². The lowest BCUT2D eigenvalue weighted by atomic mass is 10.2. The summed E-state index contributed by atoms with van der Waals surface area (Å²) in [6.45, 7) is 4.08. The monoisotopic (exact) mass is 344 g/mol.